The number of hydroxylamine groups is 2. The van der Waals surface area contributed by atoms with Gasteiger partial charge in [-0.1, -0.05) is 0 Å². The Morgan fingerprint density at radius 2 is 1.90 bits per heavy atom. The molecule has 0 fully saturated rings. The van der Waals surface area contributed by atoms with Crippen molar-refractivity contribution in [1.29, 1.82) is 0 Å². The van der Waals surface area contributed by atoms with Crippen molar-refractivity contribution in [3.63, 3.8) is 0 Å². The minimum absolute atomic E-state index is 0.148. The monoisotopic (exact) mass is 554 g/mol. The van der Waals surface area contributed by atoms with Crippen molar-refractivity contribution in [3.05, 3.63) is 56.4 Å². The van der Waals surface area contributed by atoms with Gasteiger partial charge in [0.25, 0.3) is 5.91 Å². The molecule has 0 aromatic heterocycles. The Hall–Kier alpha value is -1.97. The highest BCUT2D eigenvalue weighted by atomic mass is 127. The third-order valence-corrected chi connectivity index (χ3v) is 4.57. The molecule has 2 aromatic carbocycles. The van der Waals surface area contributed by atoms with Crippen LogP contribution in [0.3, 0.4) is 0 Å². The summed E-state index contributed by atoms with van der Waals surface area (Å²) in [5, 5.41) is 14.1. The average Bonchev–Trinajstić information content (AvgIpc) is 2.74. The highest BCUT2D eigenvalue weighted by Gasteiger charge is 2.24. The lowest BCUT2D eigenvalue weighted by Gasteiger charge is -2.17. The maximum Gasteiger partial charge on any atom is 0.277 e. The average molecular weight is 554 g/mol. The molecule has 0 bridgehead atoms. The normalized spacial score (nSPS) is 10.9. The molecule has 12 heteroatoms. The Morgan fingerprint density at radius 1 is 1.13 bits per heavy atom. The van der Waals surface area contributed by atoms with E-state index < -0.39 is 29.0 Å². The number of amides is 1. The van der Waals surface area contributed by atoms with Crippen molar-refractivity contribution < 1.29 is 32.7 Å². The van der Waals surface area contributed by atoms with Gasteiger partial charge in [0.05, 0.1) is 36.8 Å². The van der Waals surface area contributed by atoms with E-state index in [1.54, 1.807) is 13.1 Å². The summed E-state index contributed by atoms with van der Waals surface area (Å²) in [6.07, 6.45) is 0. The minimum Gasteiger partial charge on any atom is -0.394 e. The molecule has 170 valence electrons. The summed E-state index contributed by atoms with van der Waals surface area (Å²) in [5.74, 6) is -4.23. The van der Waals surface area contributed by atoms with Gasteiger partial charge in [0.15, 0.2) is 11.6 Å². The van der Waals surface area contributed by atoms with Crippen molar-refractivity contribution in [3.8, 4) is 0 Å². The molecular formula is C19H22F3IN4O4. The van der Waals surface area contributed by atoms with E-state index in [1.165, 1.54) is 12.1 Å². The molecule has 0 saturated carbocycles. The van der Waals surface area contributed by atoms with Crippen LogP contribution in [0.5, 0.6) is 0 Å². The summed E-state index contributed by atoms with van der Waals surface area (Å²) in [5.41, 5.74) is 3.27. The van der Waals surface area contributed by atoms with Crippen LogP contribution in [0.15, 0.2) is 24.3 Å². The van der Waals surface area contributed by atoms with Gasteiger partial charge in [-0.3, -0.25) is 9.63 Å². The van der Waals surface area contributed by atoms with Crippen molar-refractivity contribution in [2.24, 2.45) is 0 Å². The number of nitrogens with one attached hydrogen (secondary N) is 4. The van der Waals surface area contributed by atoms with E-state index in [0.717, 1.165) is 6.07 Å². The minimum atomic E-state index is -1.38. The fourth-order valence-corrected chi connectivity index (χ4v) is 2.86. The van der Waals surface area contributed by atoms with Crippen LogP contribution < -0.4 is 21.6 Å². The van der Waals surface area contributed by atoms with E-state index in [9.17, 15) is 18.0 Å². The van der Waals surface area contributed by atoms with Crippen LogP contribution in [-0.2, 0) is 16.2 Å². The number of aliphatic hydroxyl groups is 1. The first-order chi connectivity index (χ1) is 14.9. The van der Waals surface area contributed by atoms with Gasteiger partial charge < -0.3 is 20.6 Å². The molecule has 0 spiro atoms. The van der Waals surface area contributed by atoms with Gasteiger partial charge in [0.1, 0.15) is 5.82 Å². The van der Waals surface area contributed by atoms with Crippen molar-refractivity contribution in [2.75, 3.05) is 38.7 Å². The lowest BCUT2D eigenvalue weighted by Crippen LogP contribution is -2.27. The number of benzene rings is 2. The smallest absolute Gasteiger partial charge is 0.277 e. The SMILES string of the molecule is CNCCONCc1cc(C(=O)NOCCO)c(Nc2ccc(I)cc2F)c(F)c1F. The van der Waals surface area contributed by atoms with E-state index in [1.807, 2.05) is 28.1 Å². The van der Waals surface area contributed by atoms with Crippen molar-refractivity contribution in [2.45, 2.75) is 6.54 Å². The van der Waals surface area contributed by atoms with Gasteiger partial charge in [-0.2, -0.15) is 5.48 Å². The van der Waals surface area contributed by atoms with Gasteiger partial charge in [-0.25, -0.2) is 18.7 Å². The number of halogens is 4. The zero-order valence-corrected chi connectivity index (χ0v) is 18.7. The van der Waals surface area contributed by atoms with E-state index >= 15 is 0 Å². The van der Waals surface area contributed by atoms with Gasteiger partial charge >= 0.3 is 0 Å². The van der Waals surface area contributed by atoms with Gasteiger partial charge in [-0.05, 0) is 53.9 Å². The van der Waals surface area contributed by atoms with Gasteiger partial charge in [0.2, 0.25) is 0 Å². The van der Waals surface area contributed by atoms with E-state index in [0.29, 0.717) is 10.1 Å². The number of hydrogen-bond acceptors (Lipinski definition) is 7. The molecule has 0 aliphatic carbocycles. The van der Waals surface area contributed by atoms with Crippen LogP contribution in [0.25, 0.3) is 0 Å². The molecule has 2 aromatic rings. The largest absolute Gasteiger partial charge is 0.394 e. The van der Waals surface area contributed by atoms with Crippen LogP contribution in [0.4, 0.5) is 24.5 Å². The molecule has 0 aliphatic rings. The Kier molecular flexibility index (Phi) is 10.4. The standard InChI is InChI=1S/C19H22F3IN4O4/c1-24-4-6-30-25-10-11-8-13(19(29)27-31-7-5-28)18(17(22)16(11)21)26-15-3-2-12(23)9-14(15)20/h2-3,8-9,24-26,28H,4-7,10H2,1H3,(H,27,29). The third-order valence-electron chi connectivity index (χ3n) is 3.89. The maximum atomic E-state index is 14.9. The summed E-state index contributed by atoms with van der Waals surface area (Å²) in [4.78, 5) is 22.3. The Morgan fingerprint density at radius 3 is 2.58 bits per heavy atom. The first kappa shape index (κ1) is 25.3. The van der Waals surface area contributed by atoms with Crippen molar-refractivity contribution in [1.82, 2.24) is 16.3 Å². The zero-order valence-electron chi connectivity index (χ0n) is 16.5. The molecule has 0 saturated heterocycles. The number of hydrogen-bond donors (Lipinski definition) is 5. The molecule has 0 radical (unpaired) electrons. The van der Waals surface area contributed by atoms with E-state index in [4.69, 9.17) is 14.8 Å². The van der Waals surface area contributed by atoms with Gasteiger partial charge in [0, 0.05) is 22.2 Å². The Bertz CT molecular complexity index is 905. The molecule has 31 heavy (non-hydrogen) atoms. The first-order valence-corrected chi connectivity index (χ1v) is 10.2. The number of rotatable bonds is 12. The number of aliphatic hydroxyl groups excluding tert-OH is 1. The molecule has 2 rings (SSSR count). The van der Waals surface area contributed by atoms with Crippen LogP contribution in [-0.4, -0.2) is 44.4 Å². The van der Waals surface area contributed by atoms with E-state index in [2.05, 4.69) is 16.1 Å². The lowest BCUT2D eigenvalue weighted by atomic mass is 10.1. The molecule has 0 heterocycles. The van der Waals surface area contributed by atoms with E-state index in [-0.39, 0.29) is 43.2 Å². The summed E-state index contributed by atoms with van der Waals surface area (Å²) in [7, 11) is 1.73. The molecule has 8 nitrogen and oxygen atoms in total. The summed E-state index contributed by atoms with van der Waals surface area (Å²) < 4.78 is 44.4. The number of likely N-dealkylation sites (N-methyl/N-ethyl adjacent to an activating group) is 1. The Balaban J connectivity index is 2.36. The van der Waals surface area contributed by atoms with Gasteiger partial charge in [-0.15, -0.1) is 0 Å². The second-order valence-corrected chi connectivity index (χ2v) is 7.36. The number of anilines is 2. The van der Waals surface area contributed by atoms with Crippen LogP contribution in [0.1, 0.15) is 15.9 Å². The Labute approximate surface area is 190 Å². The molecule has 0 atom stereocenters. The highest BCUT2D eigenvalue weighted by molar-refractivity contribution is 14.1. The second kappa shape index (κ2) is 12.8. The fourth-order valence-electron chi connectivity index (χ4n) is 2.41. The van der Waals surface area contributed by atoms with Crippen LogP contribution in [0, 0.1) is 21.0 Å². The predicted molar refractivity (Wildman–Crippen MR) is 116 cm³/mol. The highest BCUT2D eigenvalue weighted by Crippen LogP contribution is 2.30. The summed E-state index contributed by atoms with van der Waals surface area (Å²) in [6.45, 7) is -0.00495. The first-order valence-electron chi connectivity index (χ1n) is 9.14. The molecule has 0 unspecified atom stereocenters. The molecule has 0 aliphatic heterocycles. The van der Waals surface area contributed by atoms with Crippen LogP contribution in [0.2, 0.25) is 0 Å². The fraction of sp³-hybridized carbons (Fsp3) is 0.316. The summed E-state index contributed by atoms with van der Waals surface area (Å²) >= 11 is 1.90. The molecular weight excluding hydrogens is 532 g/mol. The quantitative estimate of drug-likeness (QED) is 0.156. The second-order valence-electron chi connectivity index (χ2n) is 6.11. The number of carbonyl (C=O) groups excluding carboxylic acids is 1. The topological polar surface area (TPSA) is 104 Å². The third kappa shape index (κ3) is 7.29. The van der Waals surface area contributed by atoms with Crippen molar-refractivity contribution >= 4 is 39.9 Å². The lowest BCUT2D eigenvalue weighted by molar-refractivity contribution is 0.0168. The number of carbonyl (C=O) groups is 1. The molecule has 5 N–H and O–H groups in total. The summed E-state index contributed by atoms with van der Waals surface area (Å²) in [6, 6.07) is 5.19. The zero-order chi connectivity index (χ0) is 22.8. The maximum absolute atomic E-state index is 14.9. The predicted octanol–water partition coefficient (Wildman–Crippen LogP) is 2.35. The molecule has 1 amide bonds. The van der Waals surface area contributed by atoms with Crippen LogP contribution >= 0.6 is 22.6 Å².